The lowest BCUT2D eigenvalue weighted by Crippen LogP contribution is -2.05. The summed E-state index contributed by atoms with van der Waals surface area (Å²) >= 11 is 0. The second-order valence-electron chi connectivity index (χ2n) is 3.92. The SMILES string of the molecule is COC(=O)c1ccc(N)cc1-c1ccc(F)cc1F. The molecule has 0 aromatic heterocycles. The molecule has 0 saturated heterocycles. The molecule has 98 valence electrons. The van der Waals surface area contributed by atoms with Crippen molar-refractivity contribution >= 4 is 11.7 Å². The van der Waals surface area contributed by atoms with Crippen molar-refractivity contribution in [1.82, 2.24) is 0 Å². The molecule has 2 aromatic rings. The number of halogens is 2. The monoisotopic (exact) mass is 263 g/mol. The van der Waals surface area contributed by atoms with Crippen LogP contribution in [0.3, 0.4) is 0 Å². The first-order chi connectivity index (χ1) is 9.02. The van der Waals surface area contributed by atoms with E-state index in [2.05, 4.69) is 4.74 Å². The molecule has 0 heterocycles. The summed E-state index contributed by atoms with van der Waals surface area (Å²) in [6.45, 7) is 0. The molecular weight excluding hydrogens is 252 g/mol. The van der Waals surface area contributed by atoms with Gasteiger partial charge in [-0.05, 0) is 30.3 Å². The molecule has 2 rings (SSSR count). The molecule has 5 heteroatoms. The van der Waals surface area contributed by atoms with E-state index in [9.17, 15) is 13.6 Å². The quantitative estimate of drug-likeness (QED) is 0.669. The lowest BCUT2D eigenvalue weighted by molar-refractivity contribution is 0.0601. The highest BCUT2D eigenvalue weighted by atomic mass is 19.1. The fourth-order valence-electron chi connectivity index (χ4n) is 1.78. The van der Waals surface area contributed by atoms with Crippen LogP contribution in [-0.2, 0) is 4.74 Å². The molecule has 0 atom stereocenters. The van der Waals surface area contributed by atoms with Crippen molar-refractivity contribution in [3.05, 3.63) is 53.6 Å². The summed E-state index contributed by atoms with van der Waals surface area (Å²) in [5.41, 5.74) is 6.53. The zero-order valence-corrected chi connectivity index (χ0v) is 10.1. The number of hydrogen-bond donors (Lipinski definition) is 1. The minimum absolute atomic E-state index is 0.0918. The average Bonchev–Trinajstić information content (AvgIpc) is 2.38. The van der Waals surface area contributed by atoms with Gasteiger partial charge in [0.15, 0.2) is 0 Å². The summed E-state index contributed by atoms with van der Waals surface area (Å²) < 4.78 is 31.3. The average molecular weight is 263 g/mol. The van der Waals surface area contributed by atoms with Gasteiger partial charge in [0.05, 0.1) is 12.7 Å². The Morgan fingerprint density at radius 2 is 1.84 bits per heavy atom. The van der Waals surface area contributed by atoms with Crippen molar-refractivity contribution in [2.45, 2.75) is 0 Å². The molecule has 0 unspecified atom stereocenters. The smallest absolute Gasteiger partial charge is 0.338 e. The van der Waals surface area contributed by atoms with E-state index in [0.717, 1.165) is 12.1 Å². The number of hydrogen-bond acceptors (Lipinski definition) is 3. The highest BCUT2D eigenvalue weighted by molar-refractivity contribution is 5.98. The molecule has 2 aromatic carbocycles. The number of rotatable bonds is 2. The van der Waals surface area contributed by atoms with E-state index in [1.165, 1.54) is 31.4 Å². The van der Waals surface area contributed by atoms with Gasteiger partial charge in [0.25, 0.3) is 0 Å². The van der Waals surface area contributed by atoms with Crippen LogP contribution in [0.2, 0.25) is 0 Å². The van der Waals surface area contributed by atoms with Crippen LogP contribution in [0.5, 0.6) is 0 Å². The van der Waals surface area contributed by atoms with Crippen LogP contribution in [0.1, 0.15) is 10.4 Å². The van der Waals surface area contributed by atoms with Crippen molar-refractivity contribution < 1.29 is 18.3 Å². The van der Waals surface area contributed by atoms with Crippen LogP contribution < -0.4 is 5.73 Å². The first-order valence-corrected chi connectivity index (χ1v) is 5.46. The van der Waals surface area contributed by atoms with E-state index >= 15 is 0 Å². The number of carbonyl (C=O) groups excluding carboxylic acids is 1. The van der Waals surface area contributed by atoms with E-state index in [4.69, 9.17) is 5.73 Å². The van der Waals surface area contributed by atoms with Crippen molar-refractivity contribution in [3.8, 4) is 11.1 Å². The van der Waals surface area contributed by atoms with Gasteiger partial charge in [-0.3, -0.25) is 0 Å². The van der Waals surface area contributed by atoms with Crippen LogP contribution in [0, 0.1) is 11.6 Å². The Kier molecular flexibility index (Phi) is 3.46. The number of methoxy groups -OCH3 is 1. The minimum atomic E-state index is -0.768. The maximum absolute atomic E-state index is 13.8. The Morgan fingerprint density at radius 1 is 1.11 bits per heavy atom. The highest BCUT2D eigenvalue weighted by Crippen LogP contribution is 2.29. The summed E-state index contributed by atoms with van der Waals surface area (Å²) in [5.74, 6) is -2.07. The molecule has 0 aliphatic heterocycles. The summed E-state index contributed by atoms with van der Waals surface area (Å²) in [4.78, 5) is 11.6. The standard InChI is InChI=1S/C14H11F2NO2/c1-19-14(18)11-5-3-9(17)7-12(11)10-4-2-8(15)6-13(10)16/h2-7H,17H2,1H3. The van der Waals surface area contributed by atoms with E-state index in [-0.39, 0.29) is 16.7 Å². The number of nitrogens with two attached hydrogens (primary N) is 1. The number of benzene rings is 2. The Balaban J connectivity index is 2.66. The second-order valence-corrected chi connectivity index (χ2v) is 3.92. The van der Waals surface area contributed by atoms with Crippen molar-refractivity contribution in [1.29, 1.82) is 0 Å². The first-order valence-electron chi connectivity index (χ1n) is 5.46. The summed E-state index contributed by atoms with van der Waals surface area (Å²) in [6.07, 6.45) is 0. The van der Waals surface area contributed by atoms with Gasteiger partial charge in [-0.15, -0.1) is 0 Å². The van der Waals surface area contributed by atoms with E-state index in [1.54, 1.807) is 0 Å². The van der Waals surface area contributed by atoms with E-state index in [1.807, 2.05) is 0 Å². The van der Waals surface area contributed by atoms with Crippen LogP contribution >= 0.6 is 0 Å². The fraction of sp³-hybridized carbons (Fsp3) is 0.0714. The van der Waals surface area contributed by atoms with Crippen molar-refractivity contribution in [2.75, 3.05) is 12.8 Å². The molecule has 0 radical (unpaired) electrons. The second kappa shape index (κ2) is 5.06. The lowest BCUT2D eigenvalue weighted by atomic mass is 9.98. The molecule has 0 amide bonds. The summed E-state index contributed by atoms with van der Waals surface area (Å²) in [7, 11) is 1.23. The van der Waals surface area contributed by atoms with Gasteiger partial charge in [0, 0.05) is 22.9 Å². The highest BCUT2D eigenvalue weighted by Gasteiger charge is 2.16. The molecule has 0 fully saturated rings. The van der Waals surface area contributed by atoms with Crippen molar-refractivity contribution in [2.24, 2.45) is 0 Å². The molecule has 0 aliphatic carbocycles. The van der Waals surface area contributed by atoms with Gasteiger partial charge in [-0.25, -0.2) is 13.6 Å². The van der Waals surface area contributed by atoms with Crippen molar-refractivity contribution in [3.63, 3.8) is 0 Å². The first kappa shape index (κ1) is 13.0. The molecule has 0 aliphatic rings. The number of nitrogen functional groups attached to an aromatic ring is 1. The van der Waals surface area contributed by atoms with E-state index in [0.29, 0.717) is 5.69 Å². The zero-order valence-electron chi connectivity index (χ0n) is 10.1. The molecule has 0 saturated carbocycles. The summed E-state index contributed by atoms with van der Waals surface area (Å²) in [6, 6.07) is 7.52. The van der Waals surface area contributed by atoms with Gasteiger partial charge in [-0.1, -0.05) is 0 Å². The van der Waals surface area contributed by atoms with Gasteiger partial charge in [-0.2, -0.15) is 0 Å². The normalized spacial score (nSPS) is 10.3. The number of carbonyl (C=O) groups is 1. The van der Waals surface area contributed by atoms with Crippen LogP contribution in [0.15, 0.2) is 36.4 Å². The third-order valence-corrected chi connectivity index (χ3v) is 2.67. The third-order valence-electron chi connectivity index (χ3n) is 2.67. The maximum atomic E-state index is 13.8. The largest absolute Gasteiger partial charge is 0.465 e. The topological polar surface area (TPSA) is 52.3 Å². The van der Waals surface area contributed by atoms with Gasteiger partial charge >= 0.3 is 5.97 Å². The predicted molar refractivity (Wildman–Crippen MR) is 67.5 cm³/mol. The third kappa shape index (κ3) is 2.54. The molecule has 0 spiro atoms. The van der Waals surface area contributed by atoms with Crippen LogP contribution in [0.25, 0.3) is 11.1 Å². The Morgan fingerprint density at radius 3 is 2.47 bits per heavy atom. The Bertz CT molecular complexity index is 641. The van der Waals surface area contributed by atoms with Gasteiger partial charge < -0.3 is 10.5 Å². The molecular formula is C14H11F2NO2. The maximum Gasteiger partial charge on any atom is 0.338 e. The molecule has 0 bridgehead atoms. The predicted octanol–water partition coefficient (Wildman–Crippen LogP) is 3.00. The van der Waals surface area contributed by atoms with Gasteiger partial charge in [0.1, 0.15) is 11.6 Å². The minimum Gasteiger partial charge on any atom is -0.465 e. The van der Waals surface area contributed by atoms with E-state index < -0.39 is 17.6 Å². The Labute approximate surface area is 108 Å². The number of ether oxygens (including phenoxy) is 1. The van der Waals surface area contributed by atoms with Gasteiger partial charge in [0.2, 0.25) is 0 Å². The summed E-state index contributed by atoms with van der Waals surface area (Å²) in [5, 5.41) is 0. The molecule has 19 heavy (non-hydrogen) atoms. The number of esters is 1. The zero-order chi connectivity index (χ0) is 14.0. The molecule has 3 nitrogen and oxygen atoms in total. The Hall–Kier alpha value is -2.43. The number of anilines is 1. The van der Waals surface area contributed by atoms with Crippen LogP contribution in [0.4, 0.5) is 14.5 Å². The lowest BCUT2D eigenvalue weighted by Gasteiger charge is -2.10. The molecule has 2 N–H and O–H groups in total. The fourth-order valence-corrected chi connectivity index (χ4v) is 1.78. The van der Waals surface area contributed by atoms with Crippen LogP contribution in [-0.4, -0.2) is 13.1 Å².